The van der Waals surface area contributed by atoms with Crippen molar-refractivity contribution in [1.82, 2.24) is 5.32 Å². The van der Waals surface area contributed by atoms with E-state index in [0.717, 1.165) is 25.3 Å². The molecule has 0 spiro atoms. The zero-order chi connectivity index (χ0) is 14.9. The second-order valence-electron chi connectivity index (χ2n) is 5.68. The molecule has 0 saturated carbocycles. The molecule has 0 amide bonds. The number of hydrogen-bond acceptors (Lipinski definition) is 3. The lowest BCUT2D eigenvalue weighted by Crippen LogP contribution is -2.24. The van der Waals surface area contributed by atoms with Gasteiger partial charge in [-0.1, -0.05) is 26.3 Å². The Morgan fingerprint density at radius 2 is 2.10 bits per heavy atom. The summed E-state index contributed by atoms with van der Waals surface area (Å²) >= 11 is 0. The predicted molar refractivity (Wildman–Crippen MR) is 87.0 cm³/mol. The standard InChI is InChI=1S/C18H29NO2/c1-3-5-11-20-12-13-21-16-10-9-15-7-6-8-18(19-4-2)17(15)14-16/h9-10,14,18-19H,3-8,11-13H2,1-2H3. The summed E-state index contributed by atoms with van der Waals surface area (Å²) in [4.78, 5) is 0. The summed E-state index contributed by atoms with van der Waals surface area (Å²) in [7, 11) is 0. The number of aryl methyl sites for hydroxylation is 1. The van der Waals surface area contributed by atoms with Gasteiger partial charge in [-0.2, -0.15) is 0 Å². The number of ether oxygens (including phenoxy) is 2. The van der Waals surface area contributed by atoms with Crippen LogP contribution in [0.25, 0.3) is 0 Å². The highest BCUT2D eigenvalue weighted by Gasteiger charge is 2.19. The first-order valence-corrected chi connectivity index (χ1v) is 8.42. The van der Waals surface area contributed by atoms with Gasteiger partial charge in [0.1, 0.15) is 12.4 Å². The van der Waals surface area contributed by atoms with Crippen molar-refractivity contribution >= 4 is 0 Å². The Hall–Kier alpha value is -1.06. The highest BCUT2D eigenvalue weighted by Crippen LogP contribution is 2.32. The minimum atomic E-state index is 0.489. The highest BCUT2D eigenvalue weighted by atomic mass is 16.5. The lowest BCUT2D eigenvalue weighted by Gasteiger charge is -2.26. The van der Waals surface area contributed by atoms with Crippen molar-refractivity contribution in [1.29, 1.82) is 0 Å². The van der Waals surface area contributed by atoms with Gasteiger partial charge in [-0.3, -0.25) is 0 Å². The second kappa shape index (κ2) is 9.06. The van der Waals surface area contributed by atoms with Crippen LogP contribution < -0.4 is 10.1 Å². The number of benzene rings is 1. The van der Waals surface area contributed by atoms with Gasteiger partial charge >= 0.3 is 0 Å². The van der Waals surface area contributed by atoms with Crippen molar-refractivity contribution in [2.45, 2.75) is 52.0 Å². The monoisotopic (exact) mass is 291 g/mol. The Morgan fingerprint density at radius 1 is 1.19 bits per heavy atom. The van der Waals surface area contributed by atoms with E-state index in [9.17, 15) is 0 Å². The molecule has 1 unspecified atom stereocenters. The van der Waals surface area contributed by atoms with Gasteiger partial charge in [0.05, 0.1) is 6.61 Å². The zero-order valence-corrected chi connectivity index (χ0v) is 13.5. The van der Waals surface area contributed by atoms with Crippen LogP contribution in [0.15, 0.2) is 18.2 Å². The zero-order valence-electron chi connectivity index (χ0n) is 13.5. The largest absolute Gasteiger partial charge is 0.491 e. The van der Waals surface area contributed by atoms with Crippen molar-refractivity contribution in [2.24, 2.45) is 0 Å². The van der Waals surface area contributed by atoms with E-state index in [1.165, 1.54) is 36.8 Å². The second-order valence-corrected chi connectivity index (χ2v) is 5.68. The summed E-state index contributed by atoms with van der Waals surface area (Å²) in [6.45, 7) is 7.51. The molecule has 21 heavy (non-hydrogen) atoms. The van der Waals surface area contributed by atoms with E-state index >= 15 is 0 Å². The van der Waals surface area contributed by atoms with Gasteiger partial charge in [-0.25, -0.2) is 0 Å². The van der Waals surface area contributed by atoms with Crippen LogP contribution in [0.5, 0.6) is 5.75 Å². The van der Waals surface area contributed by atoms with Gasteiger partial charge in [0.2, 0.25) is 0 Å². The first kappa shape index (κ1) is 16.3. The van der Waals surface area contributed by atoms with E-state index in [0.29, 0.717) is 19.3 Å². The fourth-order valence-electron chi connectivity index (χ4n) is 2.89. The molecule has 0 heterocycles. The summed E-state index contributed by atoms with van der Waals surface area (Å²) in [5.74, 6) is 0.970. The van der Waals surface area contributed by atoms with Crippen molar-refractivity contribution in [3.63, 3.8) is 0 Å². The number of fused-ring (bicyclic) bond motifs is 1. The Kier molecular flexibility index (Phi) is 7.04. The Balaban J connectivity index is 1.85. The summed E-state index contributed by atoms with van der Waals surface area (Å²) in [5.41, 5.74) is 2.89. The molecule has 0 fully saturated rings. The summed E-state index contributed by atoms with van der Waals surface area (Å²) in [5, 5.41) is 3.58. The number of hydrogen-bond donors (Lipinski definition) is 1. The molecule has 1 atom stereocenters. The number of nitrogens with one attached hydrogen (secondary N) is 1. The van der Waals surface area contributed by atoms with Gasteiger partial charge in [-0.05, 0) is 55.5 Å². The van der Waals surface area contributed by atoms with Crippen LogP contribution in [-0.4, -0.2) is 26.4 Å². The van der Waals surface area contributed by atoms with Crippen LogP contribution in [0.2, 0.25) is 0 Å². The molecule has 2 rings (SSSR count). The van der Waals surface area contributed by atoms with Crippen LogP contribution in [0.1, 0.15) is 56.7 Å². The third kappa shape index (κ3) is 5.01. The number of unbranched alkanes of at least 4 members (excludes halogenated alkanes) is 1. The van der Waals surface area contributed by atoms with Crippen LogP contribution in [0, 0.1) is 0 Å². The third-order valence-electron chi connectivity index (χ3n) is 4.02. The lowest BCUT2D eigenvalue weighted by molar-refractivity contribution is 0.0980. The molecule has 1 aromatic rings. The van der Waals surface area contributed by atoms with Gasteiger partial charge < -0.3 is 14.8 Å². The molecule has 1 aliphatic rings. The van der Waals surface area contributed by atoms with E-state index in [-0.39, 0.29) is 0 Å². The number of rotatable bonds is 9. The molecular weight excluding hydrogens is 262 g/mol. The lowest BCUT2D eigenvalue weighted by atomic mass is 9.87. The van der Waals surface area contributed by atoms with Crippen LogP contribution in [0.4, 0.5) is 0 Å². The predicted octanol–water partition coefficient (Wildman–Crippen LogP) is 3.87. The van der Waals surface area contributed by atoms with Crippen LogP contribution in [0.3, 0.4) is 0 Å². The van der Waals surface area contributed by atoms with Crippen molar-refractivity contribution in [2.75, 3.05) is 26.4 Å². The van der Waals surface area contributed by atoms with E-state index in [1.54, 1.807) is 0 Å². The summed E-state index contributed by atoms with van der Waals surface area (Å²) in [6.07, 6.45) is 6.00. The molecule has 3 heteroatoms. The van der Waals surface area contributed by atoms with Crippen LogP contribution in [-0.2, 0) is 11.2 Å². The minimum Gasteiger partial charge on any atom is -0.491 e. The minimum absolute atomic E-state index is 0.489. The van der Waals surface area contributed by atoms with E-state index in [4.69, 9.17) is 9.47 Å². The van der Waals surface area contributed by atoms with Crippen molar-refractivity contribution in [3.05, 3.63) is 29.3 Å². The van der Waals surface area contributed by atoms with E-state index in [1.807, 2.05) is 0 Å². The Labute approximate surface area is 129 Å². The summed E-state index contributed by atoms with van der Waals surface area (Å²) in [6, 6.07) is 7.03. The maximum atomic E-state index is 5.83. The van der Waals surface area contributed by atoms with Gasteiger partial charge in [-0.15, -0.1) is 0 Å². The third-order valence-corrected chi connectivity index (χ3v) is 4.02. The van der Waals surface area contributed by atoms with E-state index in [2.05, 4.69) is 37.4 Å². The molecule has 1 aromatic carbocycles. The Bertz CT molecular complexity index is 420. The molecule has 1 N–H and O–H groups in total. The van der Waals surface area contributed by atoms with E-state index < -0.39 is 0 Å². The smallest absolute Gasteiger partial charge is 0.119 e. The fourth-order valence-corrected chi connectivity index (χ4v) is 2.89. The first-order chi connectivity index (χ1) is 10.3. The highest BCUT2D eigenvalue weighted by molar-refractivity contribution is 5.39. The Morgan fingerprint density at radius 3 is 2.90 bits per heavy atom. The topological polar surface area (TPSA) is 30.5 Å². The maximum absolute atomic E-state index is 5.83. The molecule has 118 valence electrons. The maximum Gasteiger partial charge on any atom is 0.119 e. The van der Waals surface area contributed by atoms with Gasteiger partial charge in [0, 0.05) is 12.6 Å². The fraction of sp³-hybridized carbons (Fsp3) is 0.667. The molecule has 0 radical (unpaired) electrons. The quantitative estimate of drug-likeness (QED) is 0.701. The average Bonchev–Trinajstić information content (AvgIpc) is 2.51. The normalized spacial score (nSPS) is 17.5. The molecule has 0 bridgehead atoms. The molecule has 0 aromatic heterocycles. The van der Waals surface area contributed by atoms with Crippen LogP contribution >= 0.6 is 0 Å². The average molecular weight is 291 g/mol. The molecule has 0 aliphatic heterocycles. The van der Waals surface area contributed by atoms with Crippen molar-refractivity contribution in [3.8, 4) is 5.75 Å². The molecule has 3 nitrogen and oxygen atoms in total. The molecule has 1 aliphatic carbocycles. The van der Waals surface area contributed by atoms with Crippen molar-refractivity contribution < 1.29 is 9.47 Å². The molecule has 0 saturated heterocycles. The molecular formula is C18H29NO2. The van der Waals surface area contributed by atoms with Gasteiger partial charge in [0.25, 0.3) is 0 Å². The summed E-state index contributed by atoms with van der Waals surface area (Å²) < 4.78 is 11.4. The van der Waals surface area contributed by atoms with Gasteiger partial charge in [0.15, 0.2) is 0 Å². The SMILES string of the molecule is CCCCOCCOc1ccc2c(c1)C(NCC)CCC2. The first-order valence-electron chi connectivity index (χ1n) is 8.42.